The lowest BCUT2D eigenvalue weighted by Gasteiger charge is -2.10. The van der Waals surface area contributed by atoms with Gasteiger partial charge in [-0.15, -0.1) is 0 Å². The van der Waals surface area contributed by atoms with Crippen molar-refractivity contribution in [3.05, 3.63) is 16.5 Å². The number of aliphatic hydroxyl groups is 2. The van der Waals surface area contributed by atoms with Crippen LogP contribution < -0.4 is 5.32 Å². The van der Waals surface area contributed by atoms with Crippen molar-refractivity contribution in [3.8, 4) is 0 Å². The molecule has 0 aliphatic rings. The van der Waals surface area contributed by atoms with Crippen LogP contribution in [0.2, 0.25) is 10.3 Å². The third-order valence-corrected chi connectivity index (χ3v) is 1.89. The van der Waals surface area contributed by atoms with Crippen LogP contribution in [0.25, 0.3) is 0 Å². The molecule has 0 fully saturated rings. The van der Waals surface area contributed by atoms with Gasteiger partial charge in [0, 0.05) is 6.54 Å². The van der Waals surface area contributed by atoms with Crippen molar-refractivity contribution in [1.82, 2.24) is 9.97 Å². The summed E-state index contributed by atoms with van der Waals surface area (Å²) in [6, 6.07) is 0. The highest BCUT2D eigenvalue weighted by molar-refractivity contribution is 6.33. The van der Waals surface area contributed by atoms with Crippen LogP contribution >= 0.6 is 23.2 Å². The minimum atomic E-state index is -0.861. The molecule has 1 heterocycles. The third-order valence-electron chi connectivity index (χ3n) is 1.43. The summed E-state index contributed by atoms with van der Waals surface area (Å²) in [5.41, 5.74) is 0. The van der Waals surface area contributed by atoms with Crippen molar-refractivity contribution in [3.63, 3.8) is 0 Å². The number of nitrogens with zero attached hydrogens (tertiary/aromatic N) is 2. The summed E-state index contributed by atoms with van der Waals surface area (Å²) in [6.07, 6.45) is 0.490. The molecule has 1 atom stereocenters. The van der Waals surface area contributed by atoms with Crippen molar-refractivity contribution in [1.29, 1.82) is 0 Å². The molecule has 0 spiro atoms. The Balaban J connectivity index is 2.62. The molecule has 0 aliphatic carbocycles. The first-order chi connectivity index (χ1) is 6.63. The summed E-state index contributed by atoms with van der Waals surface area (Å²) < 4.78 is 0. The number of hydrogen-bond acceptors (Lipinski definition) is 5. The Labute approximate surface area is 90.7 Å². The molecule has 1 unspecified atom stereocenters. The number of nitrogens with one attached hydrogen (secondary N) is 1. The molecule has 0 saturated carbocycles. The van der Waals surface area contributed by atoms with Crippen molar-refractivity contribution in [2.45, 2.75) is 6.10 Å². The zero-order valence-corrected chi connectivity index (χ0v) is 8.63. The lowest BCUT2D eigenvalue weighted by Crippen LogP contribution is -2.23. The van der Waals surface area contributed by atoms with Gasteiger partial charge in [0.1, 0.15) is 10.8 Å². The van der Waals surface area contributed by atoms with Crippen molar-refractivity contribution >= 4 is 29.0 Å². The van der Waals surface area contributed by atoms with E-state index in [0.717, 1.165) is 0 Å². The second-order valence-electron chi connectivity index (χ2n) is 2.55. The zero-order chi connectivity index (χ0) is 10.6. The summed E-state index contributed by atoms with van der Waals surface area (Å²) in [7, 11) is 0. The highest BCUT2D eigenvalue weighted by Crippen LogP contribution is 2.18. The van der Waals surface area contributed by atoms with E-state index in [1.165, 1.54) is 6.20 Å². The molecular weight excluding hydrogens is 229 g/mol. The van der Waals surface area contributed by atoms with Crippen LogP contribution in [-0.4, -0.2) is 39.4 Å². The van der Waals surface area contributed by atoms with E-state index >= 15 is 0 Å². The van der Waals surface area contributed by atoms with E-state index < -0.39 is 6.10 Å². The van der Waals surface area contributed by atoms with E-state index in [-0.39, 0.29) is 18.4 Å². The first kappa shape index (κ1) is 11.5. The molecule has 0 amide bonds. The molecule has 7 heteroatoms. The second kappa shape index (κ2) is 5.31. The molecule has 0 aliphatic heterocycles. The number of rotatable bonds is 4. The van der Waals surface area contributed by atoms with Crippen LogP contribution in [0.4, 0.5) is 5.82 Å². The fourth-order valence-electron chi connectivity index (χ4n) is 0.749. The average molecular weight is 238 g/mol. The second-order valence-corrected chi connectivity index (χ2v) is 3.30. The Morgan fingerprint density at radius 1 is 1.50 bits per heavy atom. The lowest BCUT2D eigenvalue weighted by molar-refractivity contribution is 0.105. The smallest absolute Gasteiger partial charge is 0.224 e. The summed E-state index contributed by atoms with van der Waals surface area (Å²) >= 11 is 11.3. The van der Waals surface area contributed by atoms with Gasteiger partial charge >= 0.3 is 0 Å². The topological polar surface area (TPSA) is 78.3 Å². The van der Waals surface area contributed by atoms with E-state index in [1.54, 1.807) is 0 Å². The first-order valence-corrected chi connectivity index (χ1v) is 4.60. The summed E-state index contributed by atoms with van der Waals surface area (Å²) in [4.78, 5) is 7.45. The maximum Gasteiger partial charge on any atom is 0.224 e. The van der Waals surface area contributed by atoms with E-state index in [1.807, 2.05) is 0 Å². The van der Waals surface area contributed by atoms with Gasteiger partial charge in [-0.2, -0.15) is 4.98 Å². The maximum absolute atomic E-state index is 9.05. The highest BCUT2D eigenvalue weighted by Gasteiger charge is 2.06. The van der Waals surface area contributed by atoms with Crippen LogP contribution in [0.15, 0.2) is 6.20 Å². The van der Waals surface area contributed by atoms with Gasteiger partial charge in [0.15, 0.2) is 0 Å². The van der Waals surface area contributed by atoms with Gasteiger partial charge in [0.05, 0.1) is 18.9 Å². The number of aliphatic hydroxyl groups excluding tert-OH is 2. The Kier molecular flexibility index (Phi) is 4.34. The van der Waals surface area contributed by atoms with Gasteiger partial charge in [-0.3, -0.25) is 0 Å². The fourth-order valence-corrected chi connectivity index (χ4v) is 1.04. The molecule has 1 aromatic rings. The maximum atomic E-state index is 9.05. The van der Waals surface area contributed by atoms with E-state index in [4.69, 9.17) is 33.4 Å². The van der Waals surface area contributed by atoms with Gasteiger partial charge in [-0.25, -0.2) is 4.98 Å². The normalized spacial score (nSPS) is 12.6. The monoisotopic (exact) mass is 237 g/mol. The standard InChI is InChI=1S/C7H9Cl2N3O2/c8-5-2-11-7(9)12-6(5)10-1-4(14)3-13/h2,4,13-14H,1,3H2,(H,10,11,12). The Morgan fingerprint density at radius 2 is 2.21 bits per heavy atom. The zero-order valence-electron chi connectivity index (χ0n) is 7.11. The Morgan fingerprint density at radius 3 is 2.86 bits per heavy atom. The van der Waals surface area contributed by atoms with Gasteiger partial charge in [0.2, 0.25) is 5.28 Å². The highest BCUT2D eigenvalue weighted by atomic mass is 35.5. The van der Waals surface area contributed by atoms with Gasteiger partial charge < -0.3 is 15.5 Å². The molecule has 0 radical (unpaired) electrons. The molecule has 78 valence electrons. The number of anilines is 1. The molecule has 0 aromatic carbocycles. The van der Waals surface area contributed by atoms with E-state index in [0.29, 0.717) is 10.8 Å². The molecular formula is C7H9Cl2N3O2. The van der Waals surface area contributed by atoms with Crippen LogP contribution in [0.3, 0.4) is 0 Å². The summed E-state index contributed by atoms with van der Waals surface area (Å²) in [5.74, 6) is 0.333. The number of aromatic nitrogens is 2. The summed E-state index contributed by atoms with van der Waals surface area (Å²) in [5, 5.41) is 20.7. The molecule has 14 heavy (non-hydrogen) atoms. The predicted molar refractivity (Wildman–Crippen MR) is 53.6 cm³/mol. The minimum Gasteiger partial charge on any atom is -0.394 e. The van der Waals surface area contributed by atoms with Crippen LogP contribution in [-0.2, 0) is 0 Å². The van der Waals surface area contributed by atoms with Crippen molar-refractivity contribution in [2.75, 3.05) is 18.5 Å². The van der Waals surface area contributed by atoms with Gasteiger partial charge in [0.25, 0.3) is 0 Å². The first-order valence-electron chi connectivity index (χ1n) is 3.84. The molecule has 1 rings (SSSR count). The minimum absolute atomic E-state index is 0.0652. The lowest BCUT2D eigenvalue weighted by atomic mass is 10.4. The van der Waals surface area contributed by atoms with Crippen LogP contribution in [0.1, 0.15) is 0 Å². The molecule has 3 N–H and O–H groups in total. The predicted octanol–water partition coefficient (Wildman–Crippen LogP) is 0.549. The van der Waals surface area contributed by atoms with E-state index in [9.17, 15) is 0 Å². The number of halogens is 2. The largest absolute Gasteiger partial charge is 0.394 e. The van der Waals surface area contributed by atoms with Gasteiger partial charge in [-0.05, 0) is 11.6 Å². The Bertz CT molecular complexity index is 311. The van der Waals surface area contributed by atoms with Crippen molar-refractivity contribution in [2.24, 2.45) is 0 Å². The van der Waals surface area contributed by atoms with Crippen LogP contribution in [0, 0.1) is 0 Å². The van der Waals surface area contributed by atoms with E-state index in [2.05, 4.69) is 15.3 Å². The van der Waals surface area contributed by atoms with Gasteiger partial charge in [-0.1, -0.05) is 11.6 Å². The quantitative estimate of drug-likeness (QED) is 0.667. The van der Waals surface area contributed by atoms with Crippen molar-refractivity contribution < 1.29 is 10.2 Å². The third kappa shape index (κ3) is 3.26. The molecule has 0 saturated heterocycles. The average Bonchev–Trinajstić information content (AvgIpc) is 2.19. The summed E-state index contributed by atoms with van der Waals surface area (Å²) in [6.45, 7) is -0.188. The molecule has 5 nitrogen and oxygen atoms in total. The Hall–Kier alpha value is -0.620. The van der Waals surface area contributed by atoms with Crippen LogP contribution in [0.5, 0.6) is 0 Å². The number of hydrogen-bond donors (Lipinski definition) is 3. The molecule has 1 aromatic heterocycles. The fraction of sp³-hybridized carbons (Fsp3) is 0.429. The molecule has 0 bridgehead atoms. The SMILES string of the molecule is OCC(O)CNc1nc(Cl)ncc1Cl.